The number of ketones is 1. The molecule has 172 valence electrons. The summed E-state index contributed by atoms with van der Waals surface area (Å²) < 4.78 is 16.7. The van der Waals surface area contributed by atoms with Crippen LogP contribution in [0.15, 0.2) is 39.1 Å². The van der Waals surface area contributed by atoms with Gasteiger partial charge in [-0.25, -0.2) is 4.79 Å². The Labute approximate surface area is 188 Å². The number of esters is 2. The Morgan fingerprint density at radius 2 is 1.84 bits per heavy atom. The molecule has 1 N–H and O–H groups in total. The lowest BCUT2D eigenvalue weighted by Crippen LogP contribution is -2.43. The van der Waals surface area contributed by atoms with E-state index in [1.165, 1.54) is 7.11 Å². The number of carbonyl (C=O) groups excluding carboxylic acids is 3. The number of nitrogens with one attached hydrogen (secondary N) is 1. The second-order valence-electron chi connectivity index (χ2n) is 9.15. The van der Waals surface area contributed by atoms with Crippen molar-refractivity contribution in [3.8, 4) is 0 Å². The normalized spacial score (nSPS) is 26.5. The summed E-state index contributed by atoms with van der Waals surface area (Å²) in [5.41, 5.74) is 2.15. The third-order valence-corrected chi connectivity index (χ3v) is 6.83. The molecular weight excluding hydrogens is 410 g/mol. The molecule has 7 nitrogen and oxygen atoms in total. The van der Waals surface area contributed by atoms with Gasteiger partial charge in [0.15, 0.2) is 5.78 Å². The first-order valence-electron chi connectivity index (χ1n) is 11.4. The summed E-state index contributed by atoms with van der Waals surface area (Å²) in [6.45, 7) is 5.51. The minimum absolute atomic E-state index is 0.115. The second kappa shape index (κ2) is 8.96. The minimum atomic E-state index is -0.909. The molecule has 2 aliphatic carbocycles. The number of ether oxygens (including phenoxy) is 2. The van der Waals surface area contributed by atoms with E-state index in [9.17, 15) is 14.4 Å². The first kappa shape index (κ1) is 22.4. The molecule has 0 amide bonds. The number of furan rings is 1. The molecule has 3 atom stereocenters. The van der Waals surface area contributed by atoms with Gasteiger partial charge in [-0.15, -0.1) is 0 Å². The van der Waals surface area contributed by atoms with Gasteiger partial charge in [-0.1, -0.05) is 13.3 Å². The van der Waals surface area contributed by atoms with Crippen molar-refractivity contribution < 1.29 is 28.3 Å². The van der Waals surface area contributed by atoms with Crippen LogP contribution >= 0.6 is 0 Å². The molecule has 1 aromatic heterocycles. The van der Waals surface area contributed by atoms with Gasteiger partial charge in [0, 0.05) is 17.0 Å². The summed E-state index contributed by atoms with van der Waals surface area (Å²) in [6.07, 6.45) is 5.33. The number of Topliss-reactive ketones (excluding diaryl/α,β-unsaturated/α-hetero) is 1. The molecule has 0 unspecified atom stereocenters. The van der Waals surface area contributed by atoms with E-state index >= 15 is 0 Å². The monoisotopic (exact) mass is 441 g/mol. The van der Waals surface area contributed by atoms with Crippen molar-refractivity contribution in [2.24, 2.45) is 11.8 Å². The van der Waals surface area contributed by atoms with Gasteiger partial charge in [0.1, 0.15) is 23.5 Å². The van der Waals surface area contributed by atoms with Gasteiger partial charge < -0.3 is 19.2 Å². The van der Waals surface area contributed by atoms with Gasteiger partial charge in [-0.3, -0.25) is 9.59 Å². The van der Waals surface area contributed by atoms with Crippen LogP contribution in [0.5, 0.6) is 0 Å². The molecule has 2 heterocycles. The Hall–Kier alpha value is -2.83. The van der Waals surface area contributed by atoms with Crippen LogP contribution in [0, 0.1) is 18.8 Å². The van der Waals surface area contributed by atoms with Crippen LogP contribution in [0.4, 0.5) is 0 Å². The van der Waals surface area contributed by atoms with Gasteiger partial charge in [0.2, 0.25) is 0 Å². The molecule has 1 aromatic rings. The van der Waals surface area contributed by atoms with Crippen LogP contribution in [0.1, 0.15) is 69.8 Å². The highest BCUT2D eigenvalue weighted by Crippen LogP contribution is 2.46. The molecule has 1 fully saturated rings. The molecule has 0 aromatic carbocycles. The predicted molar refractivity (Wildman–Crippen MR) is 116 cm³/mol. The molecule has 0 spiro atoms. The summed E-state index contributed by atoms with van der Waals surface area (Å²) in [5, 5.41) is 3.28. The van der Waals surface area contributed by atoms with Crippen molar-refractivity contribution in [2.75, 3.05) is 7.11 Å². The predicted octanol–water partition coefficient (Wildman–Crippen LogP) is 4.08. The van der Waals surface area contributed by atoms with Gasteiger partial charge in [-0.05, 0) is 64.0 Å². The molecule has 1 saturated carbocycles. The highest BCUT2D eigenvalue weighted by molar-refractivity contribution is 6.12. The van der Waals surface area contributed by atoms with Crippen molar-refractivity contribution in [1.82, 2.24) is 5.32 Å². The average Bonchev–Trinajstić information content (AvgIpc) is 3.19. The lowest BCUT2D eigenvalue weighted by atomic mass is 9.70. The summed E-state index contributed by atoms with van der Waals surface area (Å²) in [5.74, 6) is -1.99. The SMILES string of the molecule is COC(=O)[C@@H]1C(=O)C2=C(C[C@@H]1C)NC(C)=C(C(=O)OC1CCCCC1)[C@@H]2c1ccc(C)o1. The first-order chi connectivity index (χ1) is 15.3. The number of dihydropyridines is 1. The van der Waals surface area contributed by atoms with Crippen LogP contribution in [-0.2, 0) is 23.9 Å². The number of carbonyl (C=O) groups is 3. The molecule has 0 saturated heterocycles. The van der Waals surface area contributed by atoms with Crippen LogP contribution in [0.25, 0.3) is 0 Å². The van der Waals surface area contributed by atoms with Crippen LogP contribution in [0.3, 0.4) is 0 Å². The molecule has 0 radical (unpaired) electrons. The zero-order valence-electron chi connectivity index (χ0n) is 19.2. The Morgan fingerprint density at radius 1 is 1.12 bits per heavy atom. The van der Waals surface area contributed by atoms with Crippen LogP contribution in [0.2, 0.25) is 0 Å². The Kier molecular flexibility index (Phi) is 6.26. The van der Waals surface area contributed by atoms with E-state index in [1.807, 2.05) is 26.8 Å². The van der Waals surface area contributed by atoms with E-state index in [4.69, 9.17) is 13.9 Å². The lowest BCUT2D eigenvalue weighted by Gasteiger charge is -2.37. The number of hydrogen-bond donors (Lipinski definition) is 1. The standard InChI is InChI=1S/C25H31NO6/c1-13-12-17-21(23(27)19(13)24(28)30-4)22(18-11-10-14(2)31-18)20(15(3)26-17)25(29)32-16-8-6-5-7-9-16/h10-11,13,16,19,22,26H,5-9,12H2,1-4H3/t13-,19-,22-/m0/s1. The smallest absolute Gasteiger partial charge is 0.337 e. The lowest BCUT2D eigenvalue weighted by molar-refractivity contribution is -0.151. The summed E-state index contributed by atoms with van der Waals surface area (Å²) >= 11 is 0. The summed E-state index contributed by atoms with van der Waals surface area (Å²) in [4.78, 5) is 39.4. The maximum absolute atomic E-state index is 13.6. The Bertz CT molecular complexity index is 994. The number of allylic oxidation sites excluding steroid dienone is 3. The van der Waals surface area contributed by atoms with E-state index in [1.54, 1.807) is 6.07 Å². The maximum atomic E-state index is 13.6. The highest BCUT2D eigenvalue weighted by atomic mass is 16.5. The zero-order valence-corrected chi connectivity index (χ0v) is 19.2. The average molecular weight is 442 g/mol. The summed E-state index contributed by atoms with van der Waals surface area (Å²) in [7, 11) is 1.29. The third kappa shape index (κ3) is 4.00. The Morgan fingerprint density at radius 3 is 2.47 bits per heavy atom. The highest BCUT2D eigenvalue weighted by Gasteiger charge is 2.48. The number of rotatable bonds is 4. The van der Waals surface area contributed by atoms with E-state index < -0.39 is 23.8 Å². The van der Waals surface area contributed by atoms with E-state index in [-0.39, 0.29) is 17.8 Å². The van der Waals surface area contributed by atoms with E-state index in [0.717, 1.165) is 37.8 Å². The maximum Gasteiger partial charge on any atom is 0.337 e. The van der Waals surface area contributed by atoms with E-state index in [0.29, 0.717) is 34.8 Å². The molecule has 1 aliphatic heterocycles. The molecule has 32 heavy (non-hydrogen) atoms. The fraction of sp³-hybridized carbons (Fsp3) is 0.560. The van der Waals surface area contributed by atoms with Gasteiger partial charge in [0.25, 0.3) is 0 Å². The topological polar surface area (TPSA) is 94.8 Å². The molecule has 3 aliphatic rings. The number of methoxy groups -OCH3 is 1. The quantitative estimate of drug-likeness (QED) is 0.556. The second-order valence-corrected chi connectivity index (χ2v) is 9.15. The molecule has 0 bridgehead atoms. The van der Waals surface area contributed by atoms with Gasteiger partial charge in [0.05, 0.1) is 18.6 Å². The molecular formula is C25H31NO6. The van der Waals surface area contributed by atoms with E-state index in [2.05, 4.69) is 5.32 Å². The minimum Gasteiger partial charge on any atom is -0.468 e. The largest absolute Gasteiger partial charge is 0.468 e. The Balaban J connectivity index is 1.75. The van der Waals surface area contributed by atoms with Crippen molar-refractivity contribution >= 4 is 17.7 Å². The fourth-order valence-electron chi connectivity index (χ4n) is 5.24. The van der Waals surface area contributed by atoms with Crippen molar-refractivity contribution in [3.63, 3.8) is 0 Å². The van der Waals surface area contributed by atoms with Gasteiger partial charge in [-0.2, -0.15) is 0 Å². The number of aryl methyl sites for hydroxylation is 1. The fourth-order valence-corrected chi connectivity index (χ4v) is 5.24. The van der Waals surface area contributed by atoms with Crippen molar-refractivity contribution in [1.29, 1.82) is 0 Å². The first-order valence-corrected chi connectivity index (χ1v) is 11.4. The number of hydrogen-bond acceptors (Lipinski definition) is 7. The van der Waals surface area contributed by atoms with Gasteiger partial charge >= 0.3 is 11.9 Å². The zero-order chi connectivity index (χ0) is 23.0. The third-order valence-electron chi connectivity index (χ3n) is 6.83. The van der Waals surface area contributed by atoms with Crippen LogP contribution < -0.4 is 5.32 Å². The van der Waals surface area contributed by atoms with Crippen molar-refractivity contribution in [2.45, 2.75) is 71.3 Å². The van der Waals surface area contributed by atoms with Crippen molar-refractivity contribution in [3.05, 3.63) is 46.2 Å². The van der Waals surface area contributed by atoms with Crippen LogP contribution in [-0.4, -0.2) is 30.9 Å². The molecule has 4 rings (SSSR count). The molecule has 7 heteroatoms. The summed E-state index contributed by atoms with van der Waals surface area (Å²) in [6, 6.07) is 3.60.